The zero-order valence-corrected chi connectivity index (χ0v) is 11.3. The van der Waals surface area contributed by atoms with Gasteiger partial charge < -0.3 is 10.1 Å². The Hall–Kier alpha value is -1.90. The molecule has 0 unspecified atom stereocenters. The van der Waals surface area contributed by atoms with Crippen LogP contribution in [-0.2, 0) is 9.53 Å². The third-order valence-electron chi connectivity index (χ3n) is 2.58. The number of amides is 1. The van der Waals surface area contributed by atoms with Gasteiger partial charge in [-0.15, -0.1) is 0 Å². The van der Waals surface area contributed by atoms with Crippen LogP contribution >= 0.6 is 0 Å². The van der Waals surface area contributed by atoms with Gasteiger partial charge in [0.05, 0.1) is 18.2 Å². The van der Waals surface area contributed by atoms with Gasteiger partial charge in [0.25, 0.3) is 0 Å². The Morgan fingerprint density at radius 1 is 1.53 bits per heavy atom. The van der Waals surface area contributed by atoms with Crippen LogP contribution in [0.15, 0.2) is 24.3 Å². The highest BCUT2D eigenvalue weighted by Crippen LogP contribution is 2.09. The Morgan fingerprint density at radius 2 is 2.32 bits per heavy atom. The lowest BCUT2D eigenvalue weighted by Crippen LogP contribution is -2.31. The number of nitriles is 1. The van der Waals surface area contributed by atoms with Gasteiger partial charge in [0.15, 0.2) is 0 Å². The highest BCUT2D eigenvalue weighted by molar-refractivity contribution is 5.92. The molecule has 1 rings (SSSR count). The number of nitrogens with zero attached hydrogens (tertiary/aromatic N) is 2. The van der Waals surface area contributed by atoms with Crippen molar-refractivity contribution >= 4 is 11.6 Å². The number of methoxy groups -OCH3 is 1. The number of ether oxygens (including phenoxy) is 1. The van der Waals surface area contributed by atoms with Crippen LogP contribution in [0.3, 0.4) is 0 Å². The monoisotopic (exact) mass is 261 g/mol. The molecule has 0 aliphatic heterocycles. The molecule has 0 bridgehead atoms. The summed E-state index contributed by atoms with van der Waals surface area (Å²) in [6, 6.07) is 8.91. The fourth-order valence-corrected chi connectivity index (χ4v) is 1.67. The van der Waals surface area contributed by atoms with Crippen LogP contribution < -0.4 is 5.32 Å². The average Bonchev–Trinajstić information content (AvgIpc) is 2.39. The van der Waals surface area contributed by atoms with E-state index in [4.69, 9.17) is 10.00 Å². The van der Waals surface area contributed by atoms with Gasteiger partial charge in [-0.05, 0) is 31.7 Å². The quantitative estimate of drug-likeness (QED) is 0.755. The van der Waals surface area contributed by atoms with E-state index in [1.54, 1.807) is 31.4 Å². The number of benzene rings is 1. The number of rotatable bonds is 7. The van der Waals surface area contributed by atoms with Gasteiger partial charge in [0, 0.05) is 25.9 Å². The van der Waals surface area contributed by atoms with Crippen molar-refractivity contribution in [3.63, 3.8) is 0 Å². The first kappa shape index (κ1) is 15.2. The van der Waals surface area contributed by atoms with Crippen LogP contribution in [0.2, 0.25) is 0 Å². The Bertz CT molecular complexity index is 454. The van der Waals surface area contributed by atoms with E-state index >= 15 is 0 Å². The standard InChI is InChI=1S/C14H19N3O2/c1-17(7-4-8-19-2)11-14(18)16-13-6-3-5-12(9-13)10-15/h3,5-6,9H,4,7-8,11H2,1-2H3,(H,16,18). The maximum Gasteiger partial charge on any atom is 0.238 e. The summed E-state index contributed by atoms with van der Waals surface area (Å²) in [7, 11) is 3.55. The first-order valence-electron chi connectivity index (χ1n) is 6.13. The lowest BCUT2D eigenvalue weighted by Gasteiger charge is -2.15. The van der Waals surface area contributed by atoms with Crippen molar-refractivity contribution in [1.29, 1.82) is 5.26 Å². The topological polar surface area (TPSA) is 65.4 Å². The van der Waals surface area contributed by atoms with E-state index in [0.29, 0.717) is 24.4 Å². The van der Waals surface area contributed by atoms with Crippen LogP contribution in [0.25, 0.3) is 0 Å². The molecule has 0 spiro atoms. The molecule has 0 aliphatic carbocycles. The van der Waals surface area contributed by atoms with Crippen LogP contribution in [0.4, 0.5) is 5.69 Å². The van der Waals surface area contributed by atoms with Gasteiger partial charge in [-0.1, -0.05) is 6.07 Å². The first-order valence-corrected chi connectivity index (χ1v) is 6.13. The Labute approximate surface area is 113 Å². The maximum absolute atomic E-state index is 11.8. The third-order valence-corrected chi connectivity index (χ3v) is 2.58. The van der Waals surface area contributed by atoms with Crippen LogP contribution in [-0.4, -0.2) is 44.7 Å². The molecule has 19 heavy (non-hydrogen) atoms. The molecule has 0 radical (unpaired) electrons. The number of likely N-dealkylation sites (N-methyl/N-ethyl adjacent to an activating group) is 1. The molecule has 0 aliphatic rings. The molecule has 0 atom stereocenters. The largest absolute Gasteiger partial charge is 0.385 e. The lowest BCUT2D eigenvalue weighted by molar-refractivity contribution is -0.117. The molecule has 0 saturated carbocycles. The van der Waals surface area contributed by atoms with Crippen LogP contribution in [0.5, 0.6) is 0 Å². The minimum Gasteiger partial charge on any atom is -0.385 e. The molecule has 5 heteroatoms. The molecule has 0 heterocycles. The molecule has 1 amide bonds. The van der Waals surface area contributed by atoms with Gasteiger partial charge in [-0.2, -0.15) is 5.26 Å². The van der Waals surface area contributed by atoms with Gasteiger partial charge in [0.1, 0.15) is 0 Å². The van der Waals surface area contributed by atoms with Crippen LogP contribution in [0, 0.1) is 11.3 Å². The summed E-state index contributed by atoms with van der Waals surface area (Å²) in [6.07, 6.45) is 0.893. The Balaban J connectivity index is 2.40. The molecule has 1 aromatic rings. The molecule has 5 nitrogen and oxygen atoms in total. The fraction of sp³-hybridized carbons (Fsp3) is 0.429. The summed E-state index contributed by atoms with van der Waals surface area (Å²) in [5.74, 6) is -0.0880. The SMILES string of the molecule is COCCCN(C)CC(=O)Nc1cccc(C#N)c1. The summed E-state index contributed by atoms with van der Waals surface area (Å²) in [5, 5.41) is 11.6. The highest BCUT2D eigenvalue weighted by Gasteiger charge is 2.06. The minimum atomic E-state index is -0.0880. The van der Waals surface area contributed by atoms with Gasteiger partial charge in [0.2, 0.25) is 5.91 Å². The second-order valence-corrected chi connectivity index (χ2v) is 4.32. The first-order chi connectivity index (χ1) is 9.15. The predicted molar refractivity (Wildman–Crippen MR) is 73.8 cm³/mol. The second-order valence-electron chi connectivity index (χ2n) is 4.32. The minimum absolute atomic E-state index is 0.0880. The summed E-state index contributed by atoms with van der Waals surface area (Å²) in [5.41, 5.74) is 1.18. The van der Waals surface area contributed by atoms with Crippen molar-refractivity contribution in [3.05, 3.63) is 29.8 Å². The van der Waals surface area contributed by atoms with Gasteiger partial charge >= 0.3 is 0 Å². The zero-order valence-electron chi connectivity index (χ0n) is 11.3. The van der Waals surface area contributed by atoms with Gasteiger partial charge in [-0.3, -0.25) is 9.69 Å². The number of anilines is 1. The molecule has 0 aromatic heterocycles. The number of hydrogen-bond acceptors (Lipinski definition) is 4. The normalized spacial score (nSPS) is 10.2. The Morgan fingerprint density at radius 3 is 3.00 bits per heavy atom. The Kier molecular flexibility index (Phi) is 6.58. The predicted octanol–water partition coefficient (Wildman–Crippen LogP) is 1.47. The fourth-order valence-electron chi connectivity index (χ4n) is 1.67. The zero-order chi connectivity index (χ0) is 14.1. The molecule has 0 saturated heterocycles. The van der Waals surface area contributed by atoms with E-state index in [1.165, 1.54) is 0 Å². The molecule has 0 fully saturated rings. The lowest BCUT2D eigenvalue weighted by atomic mass is 10.2. The van der Waals surface area contributed by atoms with Crippen molar-refractivity contribution in [1.82, 2.24) is 4.90 Å². The number of carbonyl (C=O) groups excluding carboxylic acids is 1. The van der Waals surface area contributed by atoms with E-state index < -0.39 is 0 Å². The summed E-state index contributed by atoms with van der Waals surface area (Å²) >= 11 is 0. The van der Waals surface area contributed by atoms with Crippen molar-refractivity contribution in [2.45, 2.75) is 6.42 Å². The van der Waals surface area contributed by atoms with Crippen molar-refractivity contribution in [3.8, 4) is 6.07 Å². The van der Waals surface area contributed by atoms with Crippen molar-refractivity contribution in [2.75, 3.05) is 39.2 Å². The highest BCUT2D eigenvalue weighted by atomic mass is 16.5. The summed E-state index contributed by atoms with van der Waals surface area (Å²) < 4.78 is 4.96. The van der Waals surface area contributed by atoms with E-state index in [1.807, 2.05) is 18.0 Å². The smallest absolute Gasteiger partial charge is 0.238 e. The summed E-state index contributed by atoms with van der Waals surface area (Å²) in [6.45, 7) is 1.82. The number of hydrogen-bond donors (Lipinski definition) is 1. The number of nitrogens with one attached hydrogen (secondary N) is 1. The molecular weight excluding hydrogens is 242 g/mol. The van der Waals surface area contributed by atoms with Gasteiger partial charge in [-0.25, -0.2) is 0 Å². The van der Waals surface area contributed by atoms with E-state index in [-0.39, 0.29) is 5.91 Å². The van der Waals surface area contributed by atoms with Crippen molar-refractivity contribution in [2.24, 2.45) is 0 Å². The van der Waals surface area contributed by atoms with Crippen LogP contribution in [0.1, 0.15) is 12.0 Å². The van der Waals surface area contributed by atoms with E-state index in [2.05, 4.69) is 5.32 Å². The van der Waals surface area contributed by atoms with E-state index in [9.17, 15) is 4.79 Å². The number of carbonyl (C=O) groups is 1. The second kappa shape index (κ2) is 8.25. The molecular formula is C14H19N3O2. The summed E-state index contributed by atoms with van der Waals surface area (Å²) in [4.78, 5) is 13.7. The molecule has 102 valence electrons. The maximum atomic E-state index is 11.8. The van der Waals surface area contributed by atoms with E-state index in [0.717, 1.165) is 13.0 Å². The van der Waals surface area contributed by atoms with Crippen molar-refractivity contribution < 1.29 is 9.53 Å². The molecule has 1 aromatic carbocycles. The molecule has 1 N–H and O–H groups in total. The third kappa shape index (κ3) is 6.00. The average molecular weight is 261 g/mol.